The van der Waals surface area contributed by atoms with Crippen LogP contribution in [-0.2, 0) is 15.8 Å². The average molecular weight is 396 g/mol. The number of halogens is 4. The van der Waals surface area contributed by atoms with Gasteiger partial charge in [-0.05, 0) is 13.0 Å². The van der Waals surface area contributed by atoms with Gasteiger partial charge in [0.25, 0.3) is 0 Å². The number of thioether (sulfide) groups is 1. The van der Waals surface area contributed by atoms with Crippen LogP contribution in [0.2, 0.25) is 5.02 Å². The minimum absolute atomic E-state index is 0.0322. The van der Waals surface area contributed by atoms with Crippen LogP contribution in [0.5, 0.6) is 0 Å². The van der Waals surface area contributed by atoms with Gasteiger partial charge >= 0.3 is 6.18 Å². The van der Waals surface area contributed by atoms with E-state index in [4.69, 9.17) is 11.6 Å². The van der Waals surface area contributed by atoms with E-state index in [1.165, 1.54) is 6.92 Å². The third kappa shape index (κ3) is 5.01. The van der Waals surface area contributed by atoms with Gasteiger partial charge in [0.1, 0.15) is 5.03 Å². The third-order valence-corrected chi connectivity index (χ3v) is 5.31. The van der Waals surface area contributed by atoms with Gasteiger partial charge in [-0.1, -0.05) is 23.4 Å². The van der Waals surface area contributed by atoms with Gasteiger partial charge in [-0.3, -0.25) is 9.59 Å². The molecular formula is C15H17ClF3N3O2S. The molecule has 0 spiro atoms. The van der Waals surface area contributed by atoms with Gasteiger partial charge in [0.15, 0.2) is 0 Å². The van der Waals surface area contributed by atoms with Crippen LogP contribution in [0.1, 0.15) is 19.4 Å². The maximum absolute atomic E-state index is 12.6. The number of alkyl halides is 3. The number of carbonyl (C=O) groups is 2. The number of hydrogen-bond acceptors (Lipinski definition) is 4. The van der Waals surface area contributed by atoms with Crippen molar-refractivity contribution in [2.75, 3.05) is 26.2 Å². The van der Waals surface area contributed by atoms with Gasteiger partial charge in [-0.25, -0.2) is 4.98 Å². The van der Waals surface area contributed by atoms with Gasteiger partial charge in [0, 0.05) is 39.3 Å². The summed E-state index contributed by atoms with van der Waals surface area (Å²) in [6, 6.07) is 0.805. The number of carbonyl (C=O) groups excluding carboxylic acids is 2. The number of aromatic nitrogens is 1. The number of amides is 2. The van der Waals surface area contributed by atoms with Crippen molar-refractivity contribution in [1.29, 1.82) is 0 Å². The molecule has 25 heavy (non-hydrogen) atoms. The summed E-state index contributed by atoms with van der Waals surface area (Å²) in [4.78, 5) is 30.8. The topological polar surface area (TPSA) is 53.5 Å². The maximum atomic E-state index is 12.6. The largest absolute Gasteiger partial charge is 0.417 e. The smallest absolute Gasteiger partial charge is 0.339 e. The molecule has 0 saturated carbocycles. The van der Waals surface area contributed by atoms with Crippen molar-refractivity contribution in [1.82, 2.24) is 14.8 Å². The summed E-state index contributed by atoms with van der Waals surface area (Å²) < 4.78 is 37.9. The summed E-state index contributed by atoms with van der Waals surface area (Å²) in [6.07, 6.45) is -3.81. The predicted molar refractivity (Wildman–Crippen MR) is 88.4 cm³/mol. The van der Waals surface area contributed by atoms with Crippen molar-refractivity contribution in [3.8, 4) is 0 Å². The van der Waals surface area contributed by atoms with Gasteiger partial charge < -0.3 is 9.80 Å². The minimum atomic E-state index is -4.52. The van der Waals surface area contributed by atoms with Gasteiger partial charge in [0.2, 0.25) is 11.8 Å². The molecule has 1 aliphatic heterocycles. The van der Waals surface area contributed by atoms with Crippen LogP contribution in [0.4, 0.5) is 13.2 Å². The fraction of sp³-hybridized carbons (Fsp3) is 0.533. The van der Waals surface area contributed by atoms with Crippen LogP contribution in [-0.4, -0.2) is 58.0 Å². The summed E-state index contributed by atoms with van der Waals surface area (Å²) in [5.41, 5.74) is -0.929. The van der Waals surface area contributed by atoms with E-state index >= 15 is 0 Å². The zero-order valence-corrected chi connectivity index (χ0v) is 15.2. The number of piperazine rings is 1. The van der Waals surface area contributed by atoms with E-state index in [9.17, 15) is 22.8 Å². The van der Waals surface area contributed by atoms with Crippen LogP contribution in [0.3, 0.4) is 0 Å². The first kappa shape index (κ1) is 19.8. The highest BCUT2D eigenvalue weighted by molar-refractivity contribution is 8.00. The molecule has 1 aromatic heterocycles. The van der Waals surface area contributed by atoms with E-state index in [2.05, 4.69) is 4.98 Å². The molecule has 1 fully saturated rings. The summed E-state index contributed by atoms with van der Waals surface area (Å²) >= 11 is 6.89. The Hall–Kier alpha value is -1.48. The Balaban J connectivity index is 1.99. The molecule has 2 rings (SSSR count). The summed E-state index contributed by atoms with van der Waals surface area (Å²) in [5, 5.41) is -0.510. The monoisotopic (exact) mass is 395 g/mol. The zero-order chi connectivity index (χ0) is 18.8. The summed E-state index contributed by atoms with van der Waals surface area (Å²) in [5.74, 6) is -0.193. The molecule has 1 unspecified atom stereocenters. The molecule has 138 valence electrons. The molecule has 1 aromatic rings. The van der Waals surface area contributed by atoms with Gasteiger partial charge in [0.05, 0.1) is 15.8 Å². The molecule has 2 amide bonds. The SMILES string of the molecule is CC(=O)N1CCN(C(=O)C(C)Sc2ncc(C(F)(F)F)cc2Cl)CC1. The van der Waals surface area contributed by atoms with Crippen LogP contribution in [0.15, 0.2) is 17.3 Å². The zero-order valence-electron chi connectivity index (χ0n) is 13.6. The Morgan fingerprint density at radius 2 is 1.80 bits per heavy atom. The Labute approximate surface area is 152 Å². The highest BCUT2D eigenvalue weighted by Gasteiger charge is 2.32. The van der Waals surface area contributed by atoms with Crippen molar-refractivity contribution in [3.05, 3.63) is 22.8 Å². The van der Waals surface area contributed by atoms with E-state index in [1.54, 1.807) is 16.7 Å². The lowest BCUT2D eigenvalue weighted by atomic mass is 10.3. The van der Waals surface area contributed by atoms with Gasteiger partial charge in [-0.2, -0.15) is 13.2 Å². The minimum Gasteiger partial charge on any atom is -0.339 e. The molecule has 0 radical (unpaired) electrons. The lowest BCUT2D eigenvalue weighted by Gasteiger charge is -2.35. The molecule has 1 saturated heterocycles. The number of hydrogen-bond donors (Lipinski definition) is 0. The molecule has 2 heterocycles. The maximum Gasteiger partial charge on any atom is 0.417 e. The molecule has 0 N–H and O–H groups in total. The van der Waals surface area contributed by atoms with E-state index < -0.39 is 17.0 Å². The fourth-order valence-corrected chi connectivity index (χ4v) is 3.55. The van der Waals surface area contributed by atoms with Crippen molar-refractivity contribution >= 4 is 35.2 Å². The van der Waals surface area contributed by atoms with Crippen molar-refractivity contribution in [3.63, 3.8) is 0 Å². The Bertz CT molecular complexity index is 664. The quantitative estimate of drug-likeness (QED) is 0.738. The Morgan fingerprint density at radius 3 is 2.28 bits per heavy atom. The molecule has 1 atom stereocenters. The first-order chi connectivity index (χ1) is 11.6. The Kier molecular flexibility index (Phi) is 6.21. The van der Waals surface area contributed by atoms with Crippen molar-refractivity contribution in [2.24, 2.45) is 0 Å². The molecule has 0 aliphatic carbocycles. The first-order valence-electron chi connectivity index (χ1n) is 7.53. The fourth-order valence-electron chi connectivity index (χ4n) is 2.38. The van der Waals surface area contributed by atoms with E-state index in [-0.39, 0.29) is 21.9 Å². The second kappa shape index (κ2) is 7.82. The van der Waals surface area contributed by atoms with Crippen molar-refractivity contribution < 1.29 is 22.8 Å². The highest BCUT2D eigenvalue weighted by atomic mass is 35.5. The molecule has 1 aliphatic rings. The van der Waals surface area contributed by atoms with Crippen molar-refractivity contribution in [2.45, 2.75) is 30.3 Å². The third-order valence-electron chi connectivity index (χ3n) is 3.81. The second-order valence-corrected chi connectivity index (χ2v) is 7.34. The van der Waals surface area contributed by atoms with E-state index in [0.29, 0.717) is 32.4 Å². The predicted octanol–water partition coefficient (Wildman–Crippen LogP) is 2.93. The Morgan fingerprint density at radius 1 is 1.24 bits per heavy atom. The van der Waals surface area contributed by atoms with Crippen LogP contribution >= 0.6 is 23.4 Å². The lowest BCUT2D eigenvalue weighted by molar-refractivity contribution is -0.138. The number of rotatable bonds is 3. The highest BCUT2D eigenvalue weighted by Crippen LogP contribution is 2.35. The van der Waals surface area contributed by atoms with Crippen LogP contribution in [0.25, 0.3) is 0 Å². The number of pyridine rings is 1. The second-order valence-electron chi connectivity index (χ2n) is 5.60. The van der Waals surface area contributed by atoms with Crippen LogP contribution < -0.4 is 0 Å². The molecule has 5 nitrogen and oxygen atoms in total. The lowest BCUT2D eigenvalue weighted by Crippen LogP contribution is -2.51. The average Bonchev–Trinajstić information content (AvgIpc) is 2.55. The standard InChI is InChI=1S/C15H17ClF3N3O2S/c1-9(14(24)22-5-3-21(4-6-22)10(2)23)25-13-12(16)7-11(8-20-13)15(17,18)19/h7-9H,3-6H2,1-2H3. The molecule has 0 aromatic carbocycles. The van der Waals surface area contributed by atoms with E-state index in [1.807, 2.05) is 0 Å². The summed E-state index contributed by atoms with van der Waals surface area (Å²) in [6.45, 7) is 4.93. The first-order valence-corrected chi connectivity index (χ1v) is 8.79. The molecule has 10 heteroatoms. The molecule has 0 bridgehead atoms. The van der Waals surface area contributed by atoms with E-state index in [0.717, 1.165) is 17.8 Å². The molecular weight excluding hydrogens is 379 g/mol. The number of nitrogens with zero attached hydrogens (tertiary/aromatic N) is 3. The normalized spacial score (nSPS) is 16.7. The van der Waals surface area contributed by atoms with Crippen LogP contribution in [0, 0.1) is 0 Å². The summed E-state index contributed by atoms with van der Waals surface area (Å²) in [7, 11) is 0. The van der Waals surface area contributed by atoms with Gasteiger partial charge in [-0.15, -0.1) is 0 Å².